The van der Waals surface area contributed by atoms with Gasteiger partial charge in [0.2, 0.25) is 0 Å². The predicted molar refractivity (Wildman–Crippen MR) is 111 cm³/mol. The Morgan fingerprint density at radius 1 is 1.04 bits per heavy atom. The third-order valence-corrected chi connectivity index (χ3v) is 5.69. The molecule has 0 amide bonds. The van der Waals surface area contributed by atoms with E-state index in [1.807, 2.05) is 19.9 Å². The largest absolute Gasteiger partial charge is 0.304 e. The first-order chi connectivity index (χ1) is 13.0. The molecular weight excluding hydrogens is 380 g/mol. The van der Waals surface area contributed by atoms with Gasteiger partial charge in [0.05, 0.1) is 6.04 Å². The van der Waals surface area contributed by atoms with Crippen molar-refractivity contribution >= 4 is 18.2 Å². The van der Waals surface area contributed by atoms with E-state index >= 15 is 0 Å². The summed E-state index contributed by atoms with van der Waals surface area (Å²) in [5.74, 6) is -0.0378. The zero-order valence-electron chi connectivity index (χ0n) is 16.4. The second-order valence-corrected chi connectivity index (χ2v) is 7.55. The molecule has 1 atom stereocenters. The smallest absolute Gasteiger partial charge is 0.179 e. The fourth-order valence-electron chi connectivity index (χ4n) is 4.15. The molecule has 0 aromatic heterocycles. The van der Waals surface area contributed by atoms with E-state index in [4.69, 9.17) is 0 Å². The Labute approximate surface area is 172 Å². The zero-order chi connectivity index (χ0) is 19.4. The fraction of sp³-hybridized carbons (Fsp3) is 0.435. The summed E-state index contributed by atoms with van der Waals surface area (Å²) in [7, 11) is 0. The van der Waals surface area contributed by atoms with Crippen LogP contribution in [-0.4, -0.2) is 17.9 Å². The number of hydrogen-bond acceptors (Lipinski definition) is 2. The van der Waals surface area contributed by atoms with Crippen LogP contribution in [0.1, 0.15) is 66.4 Å². The number of carbonyl (C=O) groups excluding carboxylic acids is 1. The van der Waals surface area contributed by atoms with Gasteiger partial charge in [-0.15, -0.1) is 12.4 Å². The molecule has 2 nitrogen and oxygen atoms in total. The van der Waals surface area contributed by atoms with Crippen LogP contribution >= 0.6 is 12.4 Å². The molecule has 0 bridgehead atoms. The van der Waals surface area contributed by atoms with E-state index in [2.05, 4.69) is 5.32 Å². The second kappa shape index (κ2) is 10.1. The fourth-order valence-corrected chi connectivity index (χ4v) is 4.15. The van der Waals surface area contributed by atoms with Gasteiger partial charge in [-0.3, -0.25) is 4.79 Å². The van der Waals surface area contributed by atoms with E-state index in [1.54, 1.807) is 24.3 Å². The van der Waals surface area contributed by atoms with Gasteiger partial charge in [-0.1, -0.05) is 13.0 Å². The van der Waals surface area contributed by atoms with Gasteiger partial charge >= 0.3 is 0 Å². The van der Waals surface area contributed by atoms with Crippen molar-refractivity contribution in [2.24, 2.45) is 0 Å². The number of ketones is 1. The van der Waals surface area contributed by atoms with Crippen molar-refractivity contribution in [1.29, 1.82) is 0 Å². The van der Waals surface area contributed by atoms with Crippen molar-refractivity contribution in [2.45, 2.75) is 64.0 Å². The van der Waals surface area contributed by atoms with Crippen LogP contribution < -0.4 is 5.32 Å². The van der Waals surface area contributed by atoms with Crippen LogP contribution in [-0.2, 0) is 0 Å². The number of carbonyl (C=O) groups is 1. The van der Waals surface area contributed by atoms with Crippen LogP contribution in [0, 0.1) is 18.6 Å². The van der Waals surface area contributed by atoms with Crippen LogP contribution in [0.2, 0.25) is 0 Å². The number of aryl methyl sites for hydroxylation is 1. The van der Waals surface area contributed by atoms with Crippen molar-refractivity contribution in [3.63, 3.8) is 0 Å². The van der Waals surface area contributed by atoms with Crippen molar-refractivity contribution in [2.75, 3.05) is 0 Å². The predicted octanol–water partition coefficient (Wildman–Crippen LogP) is 5.97. The molecule has 1 fully saturated rings. The highest BCUT2D eigenvalue weighted by Crippen LogP contribution is 2.35. The first-order valence-electron chi connectivity index (χ1n) is 9.79. The average molecular weight is 408 g/mol. The van der Waals surface area contributed by atoms with Gasteiger partial charge in [0.15, 0.2) is 5.78 Å². The van der Waals surface area contributed by atoms with Crippen molar-refractivity contribution in [3.8, 4) is 0 Å². The van der Waals surface area contributed by atoms with E-state index in [0.29, 0.717) is 23.9 Å². The highest BCUT2D eigenvalue weighted by atomic mass is 35.5. The summed E-state index contributed by atoms with van der Waals surface area (Å²) < 4.78 is 26.4. The normalized spacial score (nSPS) is 20.3. The number of nitrogens with one attached hydrogen (secondary N) is 1. The summed E-state index contributed by atoms with van der Waals surface area (Å²) in [5, 5.41) is 3.51. The molecule has 2 aromatic carbocycles. The molecular formula is C23H28ClF2NO. The molecule has 0 saturated heterocycles. The molecule has 152 valence electrons. The summed E-state index contributed by atoms with van der Waals surface area (Å²) in [4.78, 5) is 12.7. The number of Topliss-reactive ketones (excluding diaryl/α,β-unsaturated/α-hetero) is 1. The molecule has 1 aliphatic carbocycles. The maximum Gasteiger partial charge on any atom is 0.179 e. The van der Waals surface area contributed by atoms with Crippen LogP contribution in [0.25, 0.3) is 0 Å². The lowest BCUT2D eigenvalue weighted by Gasteiger charge is -2.32. The molecule has 1 unspecified atom stereocenters. The number of halogens is 3. The van der Waals surface area contributed by atoms with Crippen molar-refractivity contribution in [3.05, 3.63) is 70.8 Å². The molecule has 0 heterocycles. The molecule has 1 aliphatic rings. The number of rotatable bonds is 6. The first kappa shape index (κ1) is 22.5. The van der Waals surface area contributed by atoms with Gasteiger partial charge < -0.3 is 5.32 Å². The zero-order valence-corrected chi connectivity index (χ0v) is 17.2. The quantitative estimate of drug-likeness (QED) is 0.597. The van der Waals surface area contributed by atoms with Crippen molar-refractivity contribution in [1.82, 2.24) is 5.32 Å². The molecule has 0 spiro atoms. The van der Waals surface area contributed by atoms with Crippen LogP contribution in [0.15, 0.2) is 42.5 Å². The Morgan fingerprint density at radius 2 is 1.64 bits per heavy atom. The third-order valence-electron chi connectivity index (χ3n) is 5.69. The topological polar surface area (TPSA) is 29.1 Å². The second-order valence-electron chi connectivity index (χ2n) is 7.55. The van der Waals surface area contributed by atoms with Crippen LogP contribution in [0.5, 0.6) is 0 Å². The minimum atomic E-state index is -0.332. The summed E-state index contributed by atoms with van der Waals surface area (Å²) in [6.07, 6.45) is 4.76. The first-order valence-corrected chi connectivity index (χ1v) is 9.79. The average Bonchev–Trinajstić information content (AvgIpc) is 2.67. The van der Waals surface area contributed by atoms with Gasteiger partial charge in [-0.05, 0) is 92.5 Å². The molecule has 1 N–H and O–H groups in total. The van der Waals surface area contributed by atoms with Crippen LogP contribution in [0.3, 0.4) is 0 Å². The van der Waals surface area contributed by atoms with Gasteiger partial charge in [0.1, 0.15) is 11.6 Å². The van der Waals surface area contributed by atoms with Gasteiger partial charge in [-0.25, -0.2) is 8.78 Å². The Hall–Kier alpha value is -1.78. The molecule has 3 rings (SSSR count). The van der Waals surface area contributed by atoms with Crippen LogP contribution in [0.4, 0.5) is 8.78 Å². The standard InChI is InChI=1S/C23H27F2NO.ClH/c1-3-22(23(27)17-4-8-18(24)9-5-17)26-20-11-6-16(7-12-20)21-13-10-19(25)14-15(21)2;/h4-5,8-10,13-14,16,20,22,26H,3,6-7,11-12H2,1-2H3;1H. The van der Waals surface area contributed by atoms with Gasteiger partial charge in [0, 0.05) is 11.6 Å². The monoisotopic (exact) mass is 407 g/mol. The molecule has 1 saturated carbocycles. The molecule has 0 radical (unpaired) electrons. The maximum atomic E-state index is 13.3. The maximum absolute atomic E-state index is 13.3. The van der Waals surface area contributed by atoms with E-state index in [0.717, 1.165) is 31.2 Å². The lowest BCUT2D eigenvalue weighted by Crippen LogP contribution is -2.44. The lowest BCUT2D eigenvalue weighted by molar-refractivity contribution is 0.0927. The molecule has 5 heteroatoms. The van der Waals surface area contributed by atoms with E-state index in [-0.39, 0.29) is 35.9 Å². The Balaban J connectivity index is 0.00000280. The number of hydrogen-bond donors (Lipinski definition) is 1. The van der Waals surface area contributed by atoms with Gasteiger partial charge in [0.25, 0.3) is 0 Å². The minimum Gasteiger partial charge on any atom is -0.304 e. The van der Waals surface area contributed by atoms with Crippen molar-refractivity contribution < 1.29 is 13.6 Å². The highest BCUT2D eigenvalue weighted by molar-refractivity contribution is 6.00. The summed E-state index contributed by atoms with van der Waals surface area (Å²) >= 11 is 0. The van der Waals surface area contributed by atoms with E-state index in [9.17, 15) is 13.6 Å². The lowest BCUT2D eigenvalue weighted by atomic mass is 9.80. The third kappa shape index (κ3) is 5.39. The minimum absolute atomic E-state index is 0. The molecule has 28 heavy (non-hydrogen) atoms. The molecule has 0 aliphatic heterocycles. The summed E-state index contributed by atoms with van der Waals surface area (Å²) in [6, 6.07) is 10.9. The summed E-state index contributed by atoms with van der Waals surface area (Å²) in [6.45, 7) is 3.96. The summed E-state index contributed by atoms with van der Waals surface area (Å²) in [5.41, 5.74) is 2.81. The highest BCUT2D eigenvalue weighted by Gasteiger charge is 2.27. The number of benzene rings is 2. The van der Waals surface area contributed by atoms with E-state index in [1.165, 1.54) is 17.7 Å². The Kier molecular flexibility index (Phi) is 8.14. The Morgan fingerprint density at radius 3 is 2.21 bits per heavy atom. The van der Waals surface area contributed by atoms with Gasteiger partial charge in [-0.2, -0.15) is 0 Å². The molecule has 2 aromatic rings. The van der Waals surface area contributed by atoms with E-state index < -0.39 is 0 Å². The Bertz CT molecular complexity index is 786. The SMILES string of the molecule is CCC(NC1CCC(c2ccc(F)cc2C)CC1)C(=O)c1ccc(F)cc1.Cl.